The van der Waals surface area contributed by atoms with Crippen LogP contribution >= 0.6 is 0 Å². The van der Waals surface area contributed by atoms with Gasteiger partial charge in [-0.15, -0.1) is 0 Å². The van der Waals surface area contributed by atoms with E-state index >= 15 is 0 Å². The van der Waals surface area contributed by atoms with Gasteiger partial charge < -0.3 is 21.6 Å². The van der Waals surface area contributed by atoms with Gasteiger partial charge in [0.2, 0.25) is 11.8 Å². The Morgan fingerprint density at radius 3 is 2.59 bits per heavy atom. The Morgan fingerprint density at radius 2 is 2.06 bits per heavy atom. The maximum absolute atomic E-state index is 11.3. The lowest BCUT2D eigenvalue weighted by molar-refractivity contribution is -0.122. The molecule has 0 fully saturated rings. The summed E-state index contributed by atoms with van der Waals surface area (Å²) in [5.41, 5.74) is 5.15. The van der Waals surface area contributed by atoms with E-state index in [1.165, 1.54) is 0 Å². The van der Waals surface area contributed by atoms with Crippen molar-refractivity contribution in [1.82, 2.24) is 10.6 Å². The summed E-state index contributed by atoms with van der Waals surface area (Å²) in [5, 5.41) is 16.2. The minimum absolute atomic E-state index is 0.108. The molecule has 0 heterocycles. The van der Waals surface area contributed by atoms with Crippen molar-refractivity contribution in [2.24, 2.45) is 10.9 Å². The molecule has 1 atom stereocenters. The van der Waals surface area contributed by atoms with Crippen LogP contribution in [0.2, 0.25) is 0 Å². The highest BCUT2D eigenvalue weighted by Gasteiger charge is 2.07. The second-order valence-electron chi connectivity index (χ2n) is 3.74. The minimum atomic E-state index is -0.378. The Morgan fingerprint density at radius 1 is 1.41 bits per heavy atom. The Balaban J connectivity index is 3.70. The molecule has 0 aromatic carbocycles. The molecule has 0 bridgehead atoms. The molecule has 0 saturated carbocycles. The highest BCUT2D eigenvalue weighted by molar-refractivity contribution is 5.98. The van der Waals surface area contributed by atoms with Crippen molar-refractivity contribution in [2.75, 3.05) is 6.54 Å². The van der Waals surface area contributed by atoms with Crippen LogP contribution in [-0.2, 0) is 9.59 Å². The molecule has 7 heteroatoms. The lowest BCUT2D eigenvalue weighted by Gasteiger charge is -2.11. The largest absolute Gasteiger partial charge is 0.409 e. The fourth-order valence-electron chi connectivity index (χ4n) is 1.03. The van der Waals surface area contributed by atoms with E-state index < -0.39 is 0 Å². The smallest absolute Gasteiger partial charge is 0.227 e. The first-order valence-corrected chi connectivity index (χ1v) is 5.52. The van der Waals surface area contributed by atoms with Gasteiger partial charge in [0.05, 0.1) is 6.42 Å². The molecule has 0 rings (SSSR count). The topological polar surface area (TPSA) is 117 Å². The first-order chi connectivity index (χ1) is 7.99. The van der Waals surface area contributed by atoms with Crippen molar-refractivity contribution in [3.05, 3.63) is 0 Å². The summed E-state index contributed by atoms with van der Waals surface area (Å²) in [4.78, 5) is 22.5. The van der Waals surface area contributed by atoms with Crippen LogP contribution in [-0.4, -0.2) is 35.4 Å². The van der Waals surface area contributed by atoms with Crippen molar-refractivity contribution in [1.29, 1.82) is 0 Å². The zero-order valence-electron chi connectivity index (χ0n) is 10.2. The molecule has 2 amide bonds. The van der Waals surface area contributed by atoms with Gasteiger partial charge >= 0.3 is 0 Å². The second kappa shape index (κ2) is 8.37. The van der Waals surface area contributed by atoms with Crippen LogP contribution in [0.25, 0.3) is 0 Å². The van der Waals surface area contributed by atoms with Gasteiger partial charge in [-0.1, -0.05) is 12.1 Å². The monoisotopic (exact) mass is 244 g/mol. The van der Waals surface area contributed by atoms with Crippen LogP contribution in [0.5, 0.6) is 0 Å². The highest BCUT2D eigenvalue weighted by Crippen LogP contribution is 1.89. The first-order valence-electron chi connectivity index (χ1n) is 5.52. The molecule has 5 N–H and O–H groups in total. The summed E-state index contributed by atoms with van der Waals surface area (Å²) in [6.45, 7) is 4.12. The van der Waals surface area contributed by atoms with E-state index in [4.69, 9.17) is 10.9 Å². The molecule has 0 aromatic heterocycles. The number of hydrogen-bond donors (Lipinski definition) is 4. The van der Waals surface area contributed by atoms with Gasteiger partial charge in [-0.3, -0.25) is 9.59 Å². The molecule has 7 nitrogen and oxygen atoms in total. The number of rotatable bonds is 7. The SMILES string of the molecule is CCC(C)NC(=O)CCNC(=O)CC(N)=NO. The Bertz CT molecular complexity index is 291. The van der Waals surface area contributed by atoms with E-state index in [2.05, 4.69) is 15.8 Å². The fourth-order valence-corrected chi connectivity index (χ4v) is 1.03. The normalized spacial score (nSPS) is 12.9. The summed E-state index contributed by atoms with van der Waals surface area (Å²) in [6.07, 6.45) is 0.900. The molecule has 0 radical (unpaired) electrons. The predicted octanol–water partition coefficient (Wildman–Crippen LogP) is -0.456. The van der Waals surface area contributed by atoms with Gasteiger partial charge in [-0.2, -0.15) is 0 Å². The summed E-state index contributed by atoms with van der Waals surface area (Å²) < 4.78 is 0. The molecular formula is C10H20N4O3. The van der Waals surface area contributed by atoms with Crippen LogP contribution < -0.4 is 16.4 Å². The quantitative estimate of drug-likeness (QED) is 0.210. The molecule has 17 heavy (non-hydrogen) atoms. The van der Waals surface area contributed by atoms with E-state index in [0.717, 1.165) is 6.42 Å². The van der Waals surface area contributed by atoms with Crippen molar-refractivity contribution < 1.29 is 14.8 Å². The number of nitrogens with one attached hydrogen (secondary N) is 2. The summed E-state index contributed by atoms with van der Waals surface area (Å²) in [7, 11) is 0. The number of oxime groups is 1. The van der Waals surface area contributed by atoms with E-state index in [0.29, 0.717) is 0 Å². The molecule has 98 valence electrons. The first kappa shape index (κ1) is 15.2. The van der Waals surface area contributed by atoms with Gasteiger partial charge in [0.1, 0.15) is 5.84 Å². The third-order valence-electron chi connectivity index (χ3n) is 2.16. The third-order valence-corrected chi connectivity index (χ3v) is 2.16. The van der Waals surface area contributed by atoms with Crippen molar-refractivity contribution >= 4 is 17.6 Å². The molecule has 0 saturated heterocycles. The van der Waals surface area contributed by atoms with Crippen molar-refractivity contribution in [3.8, 4) is 0 Å². The number of carbonyl (C=O) groups is 2. The second-order valence-corrected chi connectivity index (χ2v) is 3.74. The number of nitrogens with zero attached hydrogens (tertiary/aromatic N) is 1. The number of nitrogens with two attached hydrogens (primary N) is 1. The molecule has 0 aliphatic rings. The Labute approximate surface area is 100 Å². The van der Waals surface area contributed by atoms with Gasteiger partial charge in [-0.05, 0) is 13.3 Å². The van der Waals surface area contributed by atoms with E-state index in [1.807, 2.05) is 13.8 Å². The average molecular weight is 244 g/mol. The summed E-state index contributed by atoms with van der Waals surface area (Å²) in [6, 6.07) is 0.135. The van der Waals surface area contributed by atoms with E-state index in [1.54, 1.807) is 0 Å². The summed E-state index contributed by atoms with van der Waals surface area (Å²) >= 11 is 0. The maximum Gasteiger partial charge on any atom is 0.227 e. The van der Waals surface area contributed by atoms with Crippen molar-refractivity contribution in [3.63, 3.8) is 0 Å². The van der Waals surface area contributed by atoms with Crippen LogP contribution in [0.15, 0.2) is 5.16 Å². The zero-order chi connectivity index (χ0) is 13.3. The van der Waals surface area contributed by atoms with E-state index in [9.17, 15) is 9.59 Å². The lowest BCUT2D eigenvalue weighted by atomic mass is 10.2. The average Bonchev–Trinajstić information content (AvgIpc) is 2.28. The minimum Gasteiger partial charge on any atom is -0.409 e. The predicted molar refractivity (Wildman–Crippen MR) is 63.5 cm³/mol. The van der Waals surface area contributed by atoms with Crippen LogP contribution in [0.3, 0.4) is 0 Å². The van der Waals surface area contributed by atoms with E-state index in [-0.39, 0.29) is 43.1 Å². The fraction of sp³-hybridized carbons (Fsp3) is 0.700. The molecule has 1 unspecified atom stereocenters. The Hall–Kier alpha value is -1.79. The third kappa shape index (κ3) is 8.06. The highest BCUT2D eigenvalue weighted by atomic mass is 16.4. The zero-order valence-corrected chi connectivity index (χ0v) is 10.2. The maximum atomic E-state index is 11.3. The number of carbonyl (C=O) groups excluding carboxylic acids is 2. The molecule has 0 aliphatic heterocycles. The molecule has 0 aliphatic carbocycles. The molecular weight excluding hydrogens is 224 g/mol. The van der Waals surface area contributed by atoms with Crippen LogP contribution in [0.1, 0.15) is 33.1 Å². The molecule has 0 spiro atoms. The van der Waals surface area contributed by atoms with Crippen molar-refractivity contribution in [2.45, 2.75) is 39.2 Å². The van der Waals surface area contributed by atoms with Crippen LogP contribution in [0, 0.1) is 0 Å². The number of hydrogen-bond acceptors (Lipinski definition) is 4. The lowest BCUT2D eigenvalue weighted by Crippen LogP contribution is -2.36. The van der Waals surface area contributed by atoms with Gasteiger partial charge in [-0.25, -0.2) is 0 Å². The van der Waals surface area contributed by atoms with Crippen LogP contribution in [0.4, 0.5) is 0 Å². The number of amidine groups is 1. The standard InChI is InChI=1S/C10H20N4O3/c1-3-7(2)13-9(15)4-5-12-10(16)6-8(11)14-17/h7,17H,3-6H2,1-2H3,(H2,11,14)(H,12,16)(H,13,15). The van der Waals surface area contributed by atoms with Gasteiger partial charge in [0.15, 0.2) is 0 Å². The summed E-state index contributed by atoms with van der Waals surface area (Å²) in [5.74, 6) is -0.647. The molecule has 0 aromatic rings. The Kier molecular flexibility index (Phi) is 7.49. The number of amides is 2. The van der Waals surface area contributed by atoms with Gasteiger partial charge in [0, 0.05) is 19.0 Å². The van der Waals surface area contributed by atoms with Gasteiger partial charge in [0.25, 0.3) is 0 Å².